The molecule has 1 saturated heterocycles. The summed E-state index contributed by atoms with van der Waals surface area (Å²) in [6.07, 6.45) is 6.64. The number of hydrogen-bond donors (Lipinski definition) is 1. The fraction of sp³-hybridized carbons (Fsp3) is 0.611. The van der Waals surface area contributed by atoms with E-state index < -0.39 is 0 Å². The number of amides is 1. The Morgan fingerprint density at radius 1 is 1.19 bits per heavy atom. The van der Waals surface area contributed by atoms with Crippen LogP contribution in [-0.2, 0) is 17.6 Å². The van der Waals surface area contributed by atoms with Gasteiger partial charge in [-0.2, -0.15) is 0 Å². The lowest BCUT2D eigenvalue weighted by Crippen LogP contribution is -2.29. The second kappa shape index (κ2) is 6.61. The first-order valence-electron chi connectivity index (χ1n) is 8.37. The van der Waals surface area contributed by atoms with E-state index in [0.717, 1.165) is 38.9 Å². The van der Waals surface area contributed by atoms with E-state index in [0.29, 0.717) is 11.9 Å². The van der Waals surface area contributed by atoms with Crippen molar-refractivity contribution in [3.63, 3.8) is 0 Å². The Bertz CT molecular complexity index is 512. The van der Waals surface area contributed by atoms with Gasteiger partial charge in [-0.05, 0) is 62.3 Å². The smallest absolute Gasteiger partial charge is 0.222 e. The number of likely N-dealkylation sites (tertiary alicyclic amines) is 1. The van der Waals surface area contributed by atoms with E-state index in [1.54, 1.807) is 11.1 Å². The van der Waals surface area contributed by atoms with E-state index in [2.05, 4.69) is 30.4 Å². The number of rotatable bonds is 6. The lowest BCUT2D eigenvalue weighted by Gasteiger charge is -2.18. The molecule has 3 rings (SSSR count). The minimum Gasteiger partial charge on any atom is -0.343 e. The first kappa shape index (κ1) is 14.6. The number of carbonyl (C=O) groups is 1. The minimum atomic E-state index is 0.335. The number of aryl methyl sites for hydroxylation is 2. The average molecular weight is 286 g/mol. The molecule has 1 fully saturated rings. The molecule has 114 valence electrons. The summed E-state index contributed by atoms with van der Waals surface area (Å²) in [5.41, 5.74) is 4.48. The molecule has 1 aromatic carbocycles. The molecule has 1 atom stereocenters. The van der Waals surface area contributed by atoms with E-state index in [9.17, 15) is 4.79 Å². The van der Waals surface area contributed by atoms with Crippen molar-refractivity contribution in [2.75, 3.05) is 19.6 Å². The van der Waals surface area contributed by atoms with E-state index in [-0.39, 0.29) is 0 Å². The molecule has 0 aromatic heterocycles. The Balaban J connectivity index is 1.43. The average Bonchev–Trinajstić information content (AvgIpc) is 3.11. The van der Waals surface area contributed by atoms with Crippen LogP contribution in [0.2, 0.25) is 0 Å². The van der Waals surface area contributed by atoms with Crippen LogP contribution in [0.3, 0.4) is 0 Å². The van der Waals surface area contributed by atoms with Crippen LogP contribution >= 0.6 is 0 Å². The molecule has 1 aromatic rings. The highest BCUT2D eigenvalue weighted by atomic mass is 16.2. The molecule has 21 heavy (non-hydrogen) atoms. The zero-order chi connectivity index (χ0) is 14.7. The number of hydrogen-bond acceptors (Lipinski definition) is 2. The molecule has 0 saturated carbocycles. The molecule has 2 aliphatic rings. The molecule has 0 unspecified atom stereocenters. The van der Waals surface area contributed by atoms with Crippen LogP contribution in [0.5, 0.6) is 0 Å². The molecule has 3 heteroatoms. The van der Waals surface area contributed by atoms with E-state index in [4.69, 9.17) is 0 Å². The molecule has 3 nitrogen and oxygen atoms in total. The van der Waals surface area contributed by atoms with Crippen molar-refractivity contribution in [1.82, 2.24) is 10.2 Å². The van der Waals surface area contributed by atoms with Crippen molar-refractivity contribution in [3.8, 4) is 0 Å². The summed E-state index contributed by atoms with van der Waals surface area (Å²) in [6.45, 7) is 5.07. The summed E-state index contributed by atoms with van der Waals surface area (Å²) < 4.78 is 0. The monoisotopic (exact) mass is 286 g/mol. The molecule has 1 aliphatic heterocycles. The standard InChI is InChI=1S/C18H26N2O/c1-14(16-9-8-15-5-2-6-17(15)13-16)19-10-4-12-20-11-3-7-18(20)21/h8-9,13-14,19H,2-7,10-12H2,1H3/t14-/m0/s1. The van der Waals surface area contributed by atoms with Gasteiger partial charge in [0.05, 0.1) is 0 Å². The Morgan fingerprint density at radius 2 is 2.05 bits per heavy atom. The highest BCUT2D eigenvalue weighted by molar-refractivity contribution is 5.77. The van der Waals surface area contributed by atoms with Crippen LogP contribution < -0.4 is 5.32 Å². The first-order chi connectivity index (χ1) is 10.2. The van der Waals surface area contributed by atoms with Gasteiger partial charge < -0.3 is 10.2 Å². The molecule has 0 bridgehead atoms. The van der Waals surface area contributed by atoms with Gasteiger partial charge in [-0.1, -0.05) is 18.2 Å². The number of nitrogens with one attached hydrogen (secondary N) is 1. The third-order valence-corrected chi connectivity index (χ3v) is 4.85. The Hall–Kier alpha value is -1.35. The number of carbonyl (C=O) groups excluding carboxylic acids is 1. The number of fused-ring (bicyclic) bond motifs is 1. The number of nitrogens with zero attached hydrogens (tertiary/aromatic N) is 1. The van der Waals surface area contributed by atoms with Gasteiger partial charge in [-0.15, -0.1) is 0 Å². The minimum absolute atomic E-state index is 0.335. The maximum absolute atomic E-state index is 11.5. The van der Waals surface area contributed by atoms with Crippen molar-refractivity contribution >= 4 is 5.91 Å². The number of benzene rings is 1. The van der Waals surface area contributed by atoms with Gasteiger partial charge in [0.2, 0.25) is 5.91 Å². The molecular weight excluding hydrogens is 260 g/mol. The Kier molecular flexibility index (Phi) is 4.59. The predicted octanol–water partition coefficient (Wildman–Crippen LogP) is 2.84. The Labute approximate surface area is 127 Å². The van der Waals surface area contributed by atoms with Gasteiger partial charge in [-0.25, -0.2) is 0 Å². The maximum Gasteiger partial charge on any atom is 0.222 e. The van der Waals surface area contributed by atoms with E-state index >= 15 is 0 Å². The molecule has 0 radical (unpaired) electrons. The lowest BCUT2D eigenvalue weighted by atomic mass is 10.0. The summed E-state index contributed by atoms with van der Waals surface area (Å²) in [5, 5.41) is 3.59. The van der Waals surface area contributed by atoms with Gasteiger partial charge in [0.15, 0.2) is 0 Å². The van der Waals surface area contributed by atoms with Crippen LogP contribution in [-0.4, -0.2) is 30.4 Å². The lowest BCUT2D eigenvalue weighted by molar-refractivity contribution is -0.127. The van der Waals surface area contributed by atoms with Gasteiger partial charge in [0.1, 0.15) is 0 Å². The van der Waals surface area contributed by atoms with Gasteiger partial charge in [-0.3, -0.25) is 4.79 Å². The van der Waals surface area contributed by atoms with Gasteiger partial charge in [0.25, 0.3) is 0 Å². The predicted molar refractivity (Wildman–Crippen MR) is 85.3 cm³/mol. The van der Waals surface area contributed by atoms with E-state index in [1.807, 2.05) is 4.90 Å². The zero-order valence-corrected chi connectivity index (χ0v) is 13.0. The SMILES string of the molecule is C[C@H](NCCCN1CCCC1=O)c1ccc2c(c1)CCC2. The van der Waals surface area contributed by atoms with Crippen molar-refractivity contribution < 1.29 is 4.79 Å². The summed E-state index contributed by atoms with van der Waals surface area (Å²) in [7, 11) is 0. The van der Waals surface area contributed by atoms with Crippen LogP contribution in [0, 0.1) is 0 Å². The summed E-state index contributed by atoms with van der Waals surface area (Å²) in [4.78, 5) is 13.5. The molecule has 1 N–H and O–H groups in total. The third-order valence-electron chi connectivity index (χ3n) is 4.85. The molecule has 0 spiro atoms. The van der Waals surface area contributed by atoms with Gasteiger partial charge in [0, 0.05) is 25.6 Å². The van der Waals surface area contributed by atoms with Crippen molar-refractivity contribution in [1.29, 1.82) is 0 Å². The summed E-state index contributed by atoms with van der Waals surface area (Å²) >= 11 is 0. The summed E-state index contributed by atoms with van der Waals surface area (Å²) in [6, 6.07) is 7.35. The fourth-order valence-electron chi connectivity index (χ4n) is 3.51. The quantitative estimate of drug-likeness (QED) is 0.816. The highest BCUT2D eigenvalue weighted by Gasteiger charge is 2.19. The molecule has 1 heterocycles. The Morgan fingerprint density at radius 3 is 2.86 bits per heavy atom. The zero-order valence-electron chi connectivity index (χ0n) is 13.0. The van der Waals surface area contributed by atoms with Crippen molar-refractivity contribution in [2.24, 2.45) is 0 Å². The topological polar surface area (TPSA) is 32.3 Å². The van der Waals surface area contributed by atoms with Crippen molar-refractivity contribution in [3.05, 3.63) is 34.9 Å². The second-order valence-corrected chi connectivity index (χ2v) is 6.40. The molecule has 1 amide bonds. The fourth-order valence-corrected chi connectivity index (χ4v) is 3.51. The maximum atomic E-state index is 11.5. The van der Waals surface area contributed by atoms with Crippen LogP contribution in [0.25, 0.3) is 0 Å². The molecule has 1 aliphatic carbocycles. The third kappa shape index (κ3) is 3.46. The van der Waals surface area contributed by atoms with Crippen molar-refractivity contribution in [2.45, 2.75) is 51.5 Å². The first-order valence-corrected chi connectivity index (χ1v) is 8.37. The summed E-state index contributed by atoms with van der Waals surface area (Å²) in [5.74, 6) is 0.335. The van der Waals surface area contributed by atoms with Crippen LogP contribution in [0.15, 0.2) is 18.2 Å². The largest absolute Gasteiger partial charge is 0.343 e. The normalized spacial score (nSPS) is 19.1. The van der Waals surface area contributed by atoms with E-state index in [1.165, 1.54) is 24.8 Å². The van der Waals surface area contributed by atoms with Gasteiger partial charge >= 0.3 is 0 Å². The molecular formula is C18H26N2O. The van der Waals surface area contributed by atoms with Crippen LogP contribution in [0.1, 0.15) is 55.3 Å². The van der Waals surface area contributed by atoms with Crippen LogP contribution in [0.4, 0.5) is 0 Å². The highest BCUT2D eigenvalue weighted by Crippen LogP contribution is 2.25. The second-order valence-electron chi connectivity index (χ2n) is 6.40.